The third-order valence-corrected chi connectivity index (χ3v) is 2.86. The Hall–Kier alpha value is -1.15. The fourth-order valence-corrected chi connectivity index (χ4v) is 1.81. The first-order chi connectivity index (χ1) is 6.81. The second kappa shape index (κ2) is 3.93. The lowest BCUT2D eigenvalue weighted by atomic mass is 9.77. The van der Waals surface area contributed by atoms with Crippen molar-refractivity contribution in [3.8, 4) is 0 Å². The zero-order chi connectivity index (χ0) is 9.97. The van der Waals surface area contributed by atoms with Crippen LogP contribution in [-0.2, 0) is 4.74 Å². The van der Waals surface area contributed by atoms with Crippen molar-refractivity contribution in [1.82, 2.24) is 0 Å². The zero-order valence-corrected chi connectivity index (χ0v) is 8.27. The fraction of sp³-hybridized carbons (Fsp3) is 0.417. The molecule has 2 heteroatoms. The molecule has 2 rings (SSSR count). The highest BCUT2D eigenvalue weighted by Crippen LogP contribution is 2.32. The molecule has 0 saturated heterocycles. The van der Waals surface area contributed by atoms with Gasteiger partial charge in [-0.3, -0.25) is 4.79 Å². The predicted octanol–water partition coefficient (Wildman–Crippen LogP) is 2.29. The Balaban J connectivity index is 1.98. The molecule has 74 valence electrons. The van der Waals surface area contributed by atoms with Crippen molar-refractivity contribution < 1.29 is 9.53 Å². The van der Waals surface area contributed by atoms with Crippen LogP contribution in [0.1, 0.15) is 23.2 Å². The molecule has 1 aliphatic rings. The number of hydrogen-bond donors (Lipinski definition) is 0. The Morgan fingerprint density at radius 3 is 2.50 bits per heavy atom. The summed E-state index contributed by atoms with van der Waals surface area (Å²) in [5.41, 5.74) is 0.826. The molecule has 0 aromatic heterocycles. The van der Waals surface area contributed by atoms with Gasteiger partial charge in [0.2, 0.25) is 0 Å². The minimum atomic E-state index is 0.183. The van der Waals surface area contributed by atoms with Crippen molar-refractivity contribution in [1.29, 1.82) is 0 Å². The van der Waals surface area contributed by atoms with Crippen LogP contribution >= 0.6 is 0 Å². The minimum Gasteiger partial charge on any atom is -0.381 e. The molecule has 0 radical (unpaired) electrons. The van der Waals surface area contributed by atoms with Crippen LogP contribution in [0, 0.1) is 5.92 Å². The van der Waals surface area contributed by atoms with Crippen LogP contribution in [0.15, 0.2) is 30.3 Å². The molecule has 1 aromatic rings. The van der Waals surface area contributed by atoms with Crippen molar-refractivity contribution in [2.75, 3.05) is 7.11 Å². The Morgan fingerprint density at radius 1 is 1.29 bits per heavy atom. The number of hydrogen-bond acceptors (Lipinski definition) is 2. The molecule has 1 aliphatic carbocycles. The van der Waals surface area contributed by atoms with Crippen LogP contribution in [0.5, 0.6) is 0 Å². The number of methoxy groups -OCH3 is 1. The molecule has 0 atom stereocenters. The van der Waals surface area contributed by atoms with Gasteiger partial charge in [0.15, 0.2) is 5.78 Å². The van der Waals surface area contributed by atoms with Crippen LogP contribution in [0.3, 0.4) is 0 Å². The molecular formula is C12H14O2. The van der Waals surface area contributed by atoms with Crippen molar-refractivity contribution in [2.45, 2.75) is 18.9 Å². The summed E-state index contributed by atoms with van der Waals surface area (Å²) < 4.78 is 5.15. The topological polar surface area (TPSA) is 26.3 Å². The second-order valence-electron chi connectivity index (χ2n) is 3.76. The van der Waals surface area contributed by atoms with Crippen LogP contribution in [0.2, 0.25) is 0 Å². The molecule has 0 aliphatic heterocycles. The third-order valence-electron chi connectivity index (χ3n) is 2.86. The lowest BCUT2D eigenvalue weighted by Gasteiger charge is -2.32. The van der Waals surface area contributed by atoms with Crippen molar-refractivity contribution in [3.05, 3.63) is 35.9 Å². The number of benzene rings is 1. The van der Waals surface area contributed by atoms with Crippen molar-refractivity contribution in [3.63, 3.8) is 0 Å². The lowest BCUT2D eigenvalue weighted by Crippen LogP contribution is -2.35. The van der Waals surface area contributed by atoms with Gasteiger partial charge in [-0.1, -0.05) is 30.3 Å². The van der Waals surface area contributed by atoms with E-state index in [4.69, 9.17) is 4.74 Å². The quantitative estimate of drug-likeness (QED) is 0.683. The third kappa shape index (κ3) is 1.70. The standard InChI is InChI=1S/C12H14O2/c1-14-11-7-10(8-11)12(13)9-5-3-2-4-6-9/h2-6,10-11H,7-8H2,1H3. The second-order valence-corrected chi connectivity index (χ2v) is 3.76. The van der Waals surface area contributed by atoms with Gasteiger partial charge in [0.25, 0.3) is 0 Å². The summed E-state index contributed by atoms with van der Waals surface area (Å²) in [4.78, 5) is 11.8. The summed E-state index contributed by atoms with van der Waals surface area (Å²) in [6, 6.07) is 9.49. The Kier molecular flexibility index (Phi) is 2.64. The Bertz CT molecular complexity index is 312. The molecular weight excluding hydrogens is 176 g/mol. The molecule has 14 heavy (non-hydrogen) atoms. The van der Waals surface area contributed by atoms with Gasteiger partial charge in [-0.2, -0.15) is 0 Å². The average Bonchev–Trinajstić information content (AvgIpc) is 2.17. The van der Waals surface area contributed by atoms with Crippen LogP contribution in [0.4, 0.5) is 0 Å². The van der Waals surface area contributed by atoms with E-state index in [2.05, 4.69) is 0 Å². The summed E-state index contributed by atoms with van der Waals surface area (Å²) in [5.74, 6) is 0.446. The average molecular weight is 190 g/mol. The van der Waals surface area contributed by atoms with Crippen LogP contribution in [-0.4, -0.2) is 19.0 Å². The first-order valence-corrected chi connectivity index (χ1v) is 4.93. The van der Waals surface area contributed by atoms with Gasteiger partial charge in [0, 0.05) is 18.6 Å². The van der Waals surface area contributed by atoms with E-state index in [0.717, 1.165) is 18.4 Å². The molecule has 1 saturated carbocycles. The predicted molar refractivity (Wildman–Crippen MR) is 54.3 cm³/mol. The van der Waals surface area contributed by atoms with Gasteiger partial charge in [-0.15, -0.1) is 0 Å². The highest BCUT2D eigenvalue weighted by Gasteiger charge is 2.34. The van der Waals surface area contributed by atoms with Crippen LogP contribution < -0.4 is 0 Å². The highest BCUT2D eigenvalue weighted by atomic mass is 16.5. The molecule has 0 spiro atoms. The molecule has 0 bridgehead atoms. The van der Waals surface area contributed by atoms with E-state index in [0.29, 0.717) is 6.10 Å². The van der Waals surface area contributed by atoms with E-state index in [1.54, 1.807) is 7.11 Å². The number of ketones is 1. The maximum atomic E-state index is 11.8. The first kappa shape index (κ1) is 9.41. The Labute approximate surface area is 83.9 Å². The fourth-order valence-electron chi connectivity index (χ4n) is 1.81. The van der Waals surface area contributed by atoms with Crippen LogP contribution in [0.25, 0.3) is 0 Å². The number of carbonyl (C=O) groups is 1. The largest absolute Gasteiger partial charge is 0.381 e. The number of Topliss-reactive ketones (excluding diaryl/α,β-unsaturated/α-hetero) is 1. The summed E-state index contributed by atoms with van der Waals surface area (Å²) in [6.45, 7) is 0. The number of carbonyl (C=O) groups excluding carboxylic acids is 1. The van der Waals surface area contributed by atoms with Gasteiger partial charge in [0.1, 0.15) is 0 Å². The maximum Gasteiger partial charge on any atom is 0.166 e. The number of ether oxygens (including phenoxy) is 1. The smallest absolute Gasteiger partial charge is 0.166 e. The molecule has 0 amide bonds. The van der Waals surface area contributed by atoms with Gasteiger partial charge in [0.05, 0.1) is 6.10 Å². The van der Waals surface area contributed by atoms with E-state index < -0.39 is 0 Å². The molecule has 2 nitrogen and oxygen atoms in total. The number of rotatable bonds is 3. The SMILES string of the molecule is COC1CC(C(=O)c2ccccc2)C1. The van der Waals surface area contributed by atoms with E-state index >= 15 is 0 Å². The molecule has 0 heterocycles. The van der Waals surface area contributed by atoms with Gasteiger partial charge in [-0.05, 0) is 12.8 Å². The maximum absolute atomic E-state index is 11.8. The summed E-state index contributed by atoms with van der Waals surface area (Å²) >= 11 is 0. The van der Waals surface area contributed by atoms with Gasteiger partial charge >= 0.3 is 0 Å². The molecule has 0 N–H and O–H groups in total. The summed E-state index contributed by atoms with van der Waals surface area (Å²) in [6.07, 6.45) is 2.06. The summed E-state index contributed by atoms with van der Waals surface area (Å²) in [7, 11) is 1.70. The zero-order valence-electron chi connectivity index (χ0n) is 8.27. The van der Waals surface area contributed by atoms with Crippen molar-refractivity contribution >= 4 is 5.78 Å². The van der Waals surface area contributed by atoms with E-state index in [-0.39, 0.29) is 11.7 Å². The van der Waals surface area contributed by atoms with Crippen molar-refractivity contribution in [2.24, 2.45) is 5.92 Å². The van der Waals surface area contributed by atoms with E-state index in [9.17, 15) is 4.79 Å². The Morgan fingerprint density at radius 2 is 1.93 bits per heavy atom. The lowest BCUT2D eigenvalue weighted by molar-refractivity contribution is 0.00519. The van der Waals surface area contributed by atoms with E-state index in [1.165, 1.54) is 0 Å². The first-order valence-electron chi connectivity index (χ1n) is 4.93. The molecule has 0 unspecified atom stereocenters. The monoisotopic (exact) mass is 190 g/mol. The normalized spacial score (nSPS) is 25.5. The summed E-state index contributed by atoms with van der Waals surface area (Å²) in [5, 5.41) is 0. The van der Waals surface area contributed by atoms with E-state index in [1.807, 2.05) is 30.3 Å². The van der Waals surface area contributed by atoms with Gasteiger partial charge in [-0.25, -0.2) is 0 Å². The highest BCUT2D eigenvalue weighted by molar-refractivity contribution is 5.98. The minimum absolute atomic E-state index is 0.183. The van der Waals surface area contributed by atoms with Gasteiger partial charge < -0.3 is 4.74 Å². The molecule has 1 fully saturated rings. The molecule has 1 aromatic carbocycles.